The van der Waals surface area contributed by atoms with Crippen LogP contribution < -0.4 is 0 Å². The molecule has 1 aliphatic rings. The summed E-state index contributed by atoms with van der Waals surface area (Å²) in [4.78, 5) is 12.6. The van der Waals surface area contributed by atoms with Gasteiger partial charge in [-0.15, -0.1) is 5.10 Å². The zero-order valence-electron chi connectivity index (χ0n) is 14.7. The summed E-state index contributed by atoms with van der Waals surface area (Å²) in [6.07, 6.45) is 8.33. The van der Waals surface area contributed by atoms with Gasteiger partial charge in [0.15, 0.2) is 5.78 Å². The minimum Gasteiger partial charge on any atom is -0.293 e. The van der Waals surface area contributed by atoms with Crippen molar-refractivity contribution in [2.45, 2.75) is 43.0 Å². The molecule has 4 rings (SSSR count). The van der Waals surface area contributed by atoms with E-state index in [2.05, 4.69) is 22.3 Å². The van der Waals surface area contributed by atoms with Crippen LogP contribution in [-0.2, 0) is 0 Å². The molecule has 1 fully saturated rings. The molecule has 132 valence electrons. The summed E-state index contributed by atoms with van der Waals surface area (Å²) in [5, 5.41) is 11.2. The van der Waals surface area contributed by atoms with Gasteiger partial charge in [0.05, 0.1) is 11.9 Å². The van der Waals surface area contributed by atoms with Crippen LogP contribution in [-0.4, -0.2) is 21.7 Å². The number of carbonyl (C=O) groups is 1. The fraction of sp³-hybridized carbons (Fsp3) is 0.318. The predicted octanol–water partition coefficient (Wildman–Crippen LogP) is 5.65. The Balaban J connectivity index is 1.43. The fourth-order valence-electron chi connectivity index (χ4n) is 3.70. The molecule has 0 amide bonds. The van der Waals surface area contributed by atoms with Crippen LogP contribution in [0.1, 0.15) is 53.9 Å². The molecule has 0 saturated heterocycles. The van der Waals surface area contributed by atoms with Crippen molar-refractivity contribution in [3.63, 3.8) is 0 Å². The van der Waals surface area contributed by atoms with Crippen molar-refractivity contribution in [1.29, 1.82) is 0 Å². The lowest BCUT2D eigenvalue weighted by molar-refractivity contribution is 0.102. The molecule has 0 N–H and O–H groups in total. The number of hydrogen-bond donors (Lipinski definition) is 0. The lowest BCUT2D eigenvalue weighted by atomic mass is 9.84. The van der Waals surface area contributed by atoms with Gasteiger partial charge in [0.2, 0.25) is 0 Å². The molecule has 4 heteroatoms. The van der Waals surface area contributed by atoms with E-state index in [1.807, 2.05) is 36.4 Å². The fourth-order valence-corrected chi connectivity index (χ4v) is 4.58. The number of nitrogens with zero attached hydrogens (tertiary/aromatic N) is 2. The minimum absolute atomic E-state index is 0.139. The van der Waals surface area contributed by atoms with E-state index in [1.54, 1.807) is 6.20 Å². The molecule has 0 radical (unpaired) electrons. The van der Waals surface area contributed by atoms with E-state index in [0.717, 1.165) is 21.4 Å². The number of rotatable bonds is 5. The quantitative estimate of drug-likeness (QED) is 0.434. The average Bonchev–Trinajstić information content (AvgIpc) is 2.73. The van der Waals surface area contributed by atoms with Crippen LogP contribution in [0.4, 0.5) is 0 Å². The topological polar surface area (TPSA) is 42.9 Å². The lowest BCUT2D eigenvalue weighted by Crippen LogP contribution is -2.06. The number of carbonyl (C=O) groups excluding carboxylic acids is 1. The molecule has 0 unspecified atom stereocenters. The van der Waals surface area contributed by atoms with Gasteiger partial charge in [0.25, 0.3) is 0 Å². The van der Waals surface area contributed by atoms with Gasteiger partial charge < -0.3 is 0 Å². The van der Waals surface area contributed by atoms with Crippen LogP contribution in [0.15, 0.2) is 59.8 Å². The highest BCUT2D eigenvalue weighted by Gasteiger charge is 2.16. The Kier molecular flexibility index (Phi) is 5.30. The summed E-state index contributed by atoms with van der Waals surface area (Å²) < 4.78 is 0. The van der Waals surface area contributed by atoms with Gasteiger partial charge in [-0.05, 0) is 24.3 Å². The highest BCUT2D eigenvalue weighted by atomic mass is 32.2. The third-order valence-corrected chi connectivity index (χ3v) is 6.17. The van der Waals surface area contributed by atoms with E-state index in [1.165, 1.54) is 49.4 Å². The van der Waals surface area contributed by atoms with Crippen molar-refractivity contribution in [3.8, 4) is 0 Å². The maximum atomic E-state index is 12.6. The van der Waals surface area contributed by atoms with Crippen molar-refractivity contribution in [1.82, 2.24) is 10.2 Å². The first-order chi connectivity index (χ1) is 12.8. The van der Waals surface area contributed by atoms with Crippen LogP contribution in [0.25, 0.3) is 10.8 Å². The lowest BCUT2D eigenvalue weighted by Gasteiger charge is -2.22. The van der Waals surface area contributed by atoms with Crippen LogP contribution in [0.5, 0.6) is 0 Å². The van der Waals surface area contributed by atoms with E-state index in [-0.39, 0.29) is 5.78 Å². The summed E-state index contributed by atoms with van der Waals surface area (Å²) in [5.74, 6) is 1.19. The monoisotopic (exact) mass is 362 g/mol. The Morgan fingerprint density at radius 3 is 2.58 bits per heavy atom. The van der Waals surface area contributed by atoms with E-state index in [9.17, 15) is 4.79 Å². The molecule has 1 heterocycles. The molecule has 3 aromatic rings. The van der Waals surface area contributed by atoms with E-state index < -0.39 is 0 Å². The molecule has 0 atom stereocenters. The Labute approximate surface area is 158 Å². The summed E-state index contributed by atoms with van der Waals surface area (Å²) in [6, 6.07) is 16.3. The summed E-state index contributed by atoms with van der Waals surface area (Å²) >= 11 is 1.46. The molecule has 2 aromatic carbocycles. The Morgan fingerprint density at radius 1 is 1.00 bits per heavy atom. The van der Waals surface area contributed by atoms with Gasteiger partial charge in [0, 0.05) is 16.3 Å². The van der Waals surface area contributed by atoms with Crippen LogP contribution in [0.3, 0.4) is 0 Å². The predicted molar refractivity (Wildman–Crippen MR) is 107 cm³/mol. The first-order valence-corrected chi connectivity index (χ1v) is 10.3. The molecular weight excluding hydrogens is 340 g/mol. The minimum atomic E-state index is 0.139. The standard InChI is InChI=1S/C22H22N2OS/c25-21(15-26-22-20-9-5-4-8-19(20)14-23-24-22)18-12-10-17(11-13-18)16-6-2-1-3-7-16/h4-5,8-14,16H,1-3,6-7,15H2. The second-order valence-electron chi connectivity index (χ2n) is 6.91. The van der Waals surface area contributed by atoms with Gasteiger partial charge in [-0.25, -0.2) is 0 Å². The van der Waals surface area contributed by atoms with Crippen LogP contribution >= 0.6 is 11.8 Å². The second-order valence-corrected chi connectivity index (χ2v) is 7.87. The number of Topliss-reactive ketones (excluding diaryl/α,β-unsaturated/α-hetero) is 1. The van der Waals surface area contributed by atoms with Crippen molar-refractivity contribution >= 4 is 28.3 Å². The largest absolute Gasteiger partial charge is 0.293 e. The number of benzene rings is 2. The number of aromatic nitrogens is 2. The van der Waals surface area contributed by atoms with Crippen molar-refractivity contribution in [2.24, 2.45) is 0 Å². The first kappa shape index (κ1) is 17.2. The van der Waals surface area contributed by atoms with Crippen LogP contribution in [0, 0.1) is 0 Å². The van der Waals surface area contributed by atoms with Crippen molar-refractivity contribution in [3.05, 3.63) is 65.9 Å². The number of hydrogen-bond acceptors (Lipinski definition) is 4. The molecule has 26 heavy (non-hydrogen) atoms. The molecule has 3 nitrogen and oxygen atoms in total. The Bertz CT molecular complexity index is 896. The van der Waals surface area contributed by atoms with E-state index in [4.69, 9.17) is 0 Å². The molecule has 1 saturated carbocycles. The van der Waals surface area contributed by atoms with Gasteiger partial charge in [-0.3, -0.25) is 4.79 Å². The molecule has 1 aromatic heterocycles. The highest BCUT2D eigenvalue weighted by molar-refractivity contribution is 8.00. The maximum absolute atomic E-state index is 12.6. The van der Waals surface area contributed by atoms with Crippen LogP contribution in [0.2, 0.25) is 0 Å². The molecular formula is C22H22N2OS. The smallest absolute Gasteiger partial charge is 0.173 e. The summed E-state index contributed by atoms with van der Waals surface area (Å²) in [7, 11) is 0. The third kappa shape index (κ3) is 3.80. The highest BCUT2D eigenvalue weighted by Crippen LogP contribution is 2.32. The third-order valence-electron chi connectivity index (χ3n) is 5.19. The maximum Gasteiger partial charge on any atom is 0.173 e. The molecule has 0 spiro atoms. The SMILES string of the molecule is O=C(CSc1nncc2ccccc12)c1ccc(C2CCCCC2)cc1. The van der Waals surface area contributed by atoms with Gasteiger partial charge >= 0.3 is 0 Å². The second kappa shape index (κ2) is 8.00. The number of thioether (sulfide) groups is 1. The summed E-state index contributed by atoms with van der Waals surface area (Å²) in [6.45, 7) is 0. The van der Waals surface area contributed by atoms with E-state index >= 15 is 0 Å². The Hall–Kier alpha value is -2.20. The molecule has 0 aliphatic heterocycles. The van der Waals surface area contributed by atoms with Gasteiger partial charge in [0.1, 0.15) is 5.03 Å². The zero-order valence-corrected chi connectivity index (χ0v) is 15.5. The number of fused-ring (bicyclic) bond motifs is 1. The normalized spacial score (nSPS) is 15.2. The zero-order chi connectivity index (χ0) is 17.8. The number of ketones is 1. The van der Waals surface area contributed by atoms with Crippen molar-refractivity contribution < 1.29 is 4.79 Å². The summed E-state index contributed by atoms with van der Waals surface area (Å²) in [5.41, 5.74) is 2.17. The van der Waals surface area contributed by atoms with E-state index in [0.29, 0.717) is 11.7 Å². The van der Waals surface area contributed by atoms with Gasteiger partial charge in [-0.1, -0.05) is 79.6 Å². The molecule has 1 aliphatic carbocycles. The van der Waals surface area contributed by atoms with Crippen molar-refractivity contribution in [2.75, 3.05) is 5.75 Å². The van der Waals surface area contributed by atoms with Gasteiger partial charge in [-0.2, -0.15) is 5.10 Å². The first-order valence-electron chi connectivity index (χ1n) is 9.27. The molecule has 0 bridgehead atoms. The average molecular weight is 362 g/mol. The Morgan fingerprint density at radius 2 is 1.77 bits per heavy atom.